The Kier molecular flexibility index (Phi) is 4.14. The van der Waals surface area contributed by atoms with Crippen LogP contribution in [0.1, 0.15) is 10.4 Å². The number of nitrogens with zero attached hydrogens (tertiary/aromatic N) is 2. The fourth-order valence-corrected chi connectivity index (χ4v) is 2.95. The molecule has 1 aromatic heterocycles. The number of nitro groups is 1. The summed E-state index contributed by atoms with van der Waals surface area (Å²) in [4.78, 5) is 22.5. The number of hydrogen-bond donors (Lipinski definition) is 1. The first-order valence-corrected chi connectivity index (χ1v) is 8.34. The van der Waals surface area contributed by atoms with E-state index in [1.54, 1.807) is 0 Å². The molecule has 6 nitrogen and oxygen atoms in total. The zero-order chi connectivity index (χ0) is 18.8. The molecule has 4 rings (SSSR count). The van der Waals surface area contributed by atoms with Crippen LogP contribution in [0.3, 0.4) is 0 Å². The molecule has 4 aromatic rings. The minimum atomic E-state index is -0.495. The van der Waals surface area contributed by atoms with E-state index in [0.29, 0.717) is 11.3 Å². The predicted molar refractivity (Wildman–Crippen MR) is 104 cm³/mol. The van der Waals surface area contributed by atoms with Gasteiger partial charge in [-0.3, -0.25) is 14.9 Å². The van der Waals surface area contributed by atoms with Crippen LogP contribution in [0, 0.1) is 10.1 Å². The summed E-state index contributed by atoms with van der Waals surface area (Å²) in [5.74, 6) is -0.316. The normalized spacial score (nSPS) is 10.7. The zero-order valence-corrected chi connectivity index (χ0v) is 14.2. The van der Waals surface area contributed by atoms with E-state index in [4.69, 9.17) is 0 Å². The number of carbonyl (C=O) groups is 1. The number of non-ortho nitro benzene ring substituents is 1. The van der Waals surface area contributed by atoms with Crippen molar-refractivity contribution in [2.24, 2.45) is 0 Å². The van der Waals surface area contributed by atoms with E-state index in [1.807, 2.05) is 42.6 Å². The lowest BCUT2D eigenvalue weighted by Gasteiger charge is -2.08. The minimum absolute atomic E-state index is 0.0464. The molecule has 0 atom stereocenters. The summed E-state index contributed by atoms with van der Waals surface area (Å²) in [5.41, 5.74) is 3.07. The summed E-state index contributed by atoms with van der Waals surface area (Å²) < 4.78 is 2.08. The first kappa shape index (κ1) is 16.5. The van der Waals surface area contributed by atoms with E-state index in [9.17, 15) is 14.9 Å². The van der Waals surface area contributed by atoms with Gasteiger partial charge in [-0.2, -0.15) is 0 Å². The summed E-state index contributed by atoms with van der Waals surface area (Å²) in [6.07, 6.45) is 2.01. The molecule has 0 aliphatic rings. The quantitative estimate of drug-likeness (QED) is 0.421. The molecule has 27 heavy (non-hydrogen) atoms. The molecule has 0 saturated carbocycles. The van der Waals surface area contributed by atoms with Crippen molar-refractivity contribution >= 4 is 28.2 Å². The van der Waals surface area contributed by atoms with Crippen LogP contribution in [0.25, 0.3) is 16.6 Å². The van der Waals surface area contributed by atoms with Crippen molar-refractivity contribution in [2.75, 3.05) is 5.32 Å². The summed E-state index contributed by atoms with van der Waals surface area (Å²) in [7, 11) is 0. The molecule has 0 saturated heterocycles. The highest BCUT2D eigenvalue weighted by Crippen LogP contribution is 2.22. The third kappa shape index (κ3) is 3.28. The van der Waals surface area contributed by atoms with Gasteiger partial charge in [0, 0.05) is 35.3 Å². The van der Waals surface area contributed by atoms with E-state index < -0.39 is 4.92 Å². The number of benzene rings is 3. The van der Waals surface area contributed by atoms with E-state index in [1.165, 1.54) is 24.3 Å². The lowest BCUT2D eigenvalue weighted by molar-refractivity contribution is -0.384. The third-order valence-electron chi connectivity index (χ3n) is 4.34. The van der Waals surface area contributed by atoms with Gasteiger partial charge in [-0.05, 0) is 53.9 Å². The lowest BCUT2D eigenvalue weighted by Crippen LogP contribution is -2.11. The molecule has 3 aromatic carbocycles. The first-order valence-electron chi connectivity index (χ1n) is 8.34. The van der Waals surface area contributed by atoms with Gasteiger partial charge < -0.3 is 9.88 Å². The number of para-hydroxylation sites is 1. The maximum absolute atomic E-state index is 12.3. The van der Waals surface area contributed by atoms with Crippen molar-refractivity contribution in [3.8, 4) is 5.69 Å². The molecule has 0 spiro atoms. The maximum atomic E-state index is 12.3. The Balaban J connectivity index is 1.52. The van der Waals surface area contributed by atoms with E-state index in [-0.39, 0.29) is 11.6 Å². The SMILES string of the molecule is O=C(Nc1ccc(-n2ccc3ccccc32)cc1)c1ccc([N+](=O)[O-])cc1. The van der Waals surface area contributed by atoms with Gasteiger partial charge in [0.15, 0.2) is 0 Å². The van der Waals surface area contributed by atoms with Gasteiger partial charge in [0.2, 0.25) is 0 Å². The average Bonchev–Trinajstić information content (AvgIpc) is 3.13. The first-order chi connectivity index (χ1) is 13.1. The highest BCUT2D eigenvalue weighted by Gasteiger charge is 2.10. The molecule has 6 heteroatoms. The molecule has 1 heterocycles. The molecular weight excluding hydrogens is 342 g/mol. The lowest BCUT2D eigenvalue weighted by atomic mass is 10.2. The summed E-state index contributed by atoms with van der Waals surface area (Å²) in [6, 6.07) is 23.2. The number of hydrogen-bond acceptors (Lipinski definition) is 3. The van der Waals surface area contributed by atoms with Crippen molar-refractivity contribution in [1.82, 2.24) is 4.57 Å². The molecule has 0 radical (unpaired) electrons. The number of rotatable bonds is 4. The third-order valence-corrected chi connectivity index (χ3v) is 4.34. The molecule has 0 bridgehead atoms. The van der Waals surface area contributed by atoms with Crippen LogP contribution in [0.5, 0.6) is 0 Å². The highest BCUT2D eigenvalue weighted by molar-refractivity contribution is 6.04. The Morgan fingerprint density at radius 2 is 1.59 bits per heavy atom. The van der Waals surface area contributed by atoms with Crippen LogP contribution in [0.15, 0.2) is 85.1 Å². The van der Waals surface area contributed by atoms with Crippen molar-refractivity contribution in [2.45, 2.75) is 0 Å². The Labute approximate surface area is 154 Å². The van der Waals surface area contributed by atoms with Gasteiger partial charge >= 0.3 is 0 Å². The molecule has 0 aliphatic heterocycles. The Morgan fingerprint density at radius 3 is 2.30 bits per heavy atom. The zero-order valence-electron chi connectivity index (χ0n) is 14.2. The van der Waals surface area contributed by atoms with Crippen LogP contribution in [0.2, 0.25) is 0 Å². The number of anilines is 1. The summed E-state index contributed by atoms with van der Waals surface area (Å²) in [5, 5.41) is 14.6. The Morgan fingerprint density at radius 1 is 0.889 bits per heavy atom. The number of amides is 1. The van der Waals surface area contributed by atoms with Gasteiger partial charge in [0.25, 0.3) is 11.6 Å². The molecular formula is C21H15N3O3. The van der Waals surface area contributed by atoms with Crippen LogP contribution in [0.4, 0.5) is 11.4 Å². The van der Waals surface area contributed by atoms with Crippen molar-refractivity contribution in [3.05, 3.63) is 101 Å². The summed E-state index contributed by atoms with van der Waals surface area (Å²) >= 11 is 0. The Hall–Kier alpha value is -3.93. The summed E-state index contributed by atoms with van der Waals surface area (Å²) in [6.45, 7) is 0. The van der Waals surface area contributed by atoms with Gasteiger partial charge in [0.1, 0.15) is 0 Å². The second-order valence-electron chi connectivity index (χ2n) is 6.05. The van der Waals surface area contributed by atoms with Crippen LogP contribution < -0.4 is 5.32 Å². The highest BCUT2D eigenvalue weighted by atomic mass is 16.6. The van der Waals surface area contributed by atoms with E-state index in [0.717, 1.165) is 16.6 Å². The second kappa shape index (κ2) is 6.76. The van der Waals surface area contributed by atoms with Crippen molar-refractivity contribution in [1.29, 1.82) is 0 Å². The largest absolute Gasteiger partial charge is 0.322 e. The van der Waals surface area contributed by atoms with Crippen molar-refractivity contribution in [3.63, 3.8) is 0 Å². The van der Waals surface area contributed by atoms with Crippen molar-refractivity contribution < 1.29 is 9.72 Å². The fourth-order valence-electron chi connectivity index (χ4n) is 2.95. The molecule has 0 aliphatic carbocycles. The van der Waals surface area contributed by atoms with Crippen LogP contribution in [-0.4, -0.2) is 15.4 Å². The number of fused-ring (bicyclic) bond motifs is 1. The number of nitro benzene ring substituents is 1. The van der Waals surface area contributed by atoms with Gasteiger partial charge in [-0.25, -0.2) is 0 Å². The molecule has 0 fully saturated rings. The van der Waals surface area contributed by atoms with E-state index in [2.05, 4.69) is 28.1 Å². The van der Waals surface area contributed by atoms with Crippen LogP contribution in [-0.2, 0) is 0 Å². The number of carbonyl (C=O) groups excluding carboxylic acids is 1. The Bertz CT molecular complexity index is 1130. The van der Waals surface area contributed by atoms with E-state index >= 15 is 0 Å². The molecule has 1 N–H and O–H groups in total. The predicted octanol–water partition coefficient (Wildman–Crippen LogP) is 4.79. The standard InChI is InChI=1S/C21H15N3O3/c25-21(16-5-9-19(10-6-16)24(26)27)22-17-7-11-18(12-8-17)23-14-13-15-3-1-2-4-20(15)23/h1-14H,(H,22,25). The van der Waals surface area contributed by atoms with Gasteiger partial charge in [-0.15, -0.1) is 0 Å². The molecule has 1 amide bonds. The number of aromatic nitrogens is 1. The second-order valence-corrected chi connectivity index (χ2v) is 6.05. The maximum Gasteiger partial charge on any atom is 0.269 e. The monoisotopic (exact) mass is 357 g/mol. The van der Waals surface area contributed by atoms with Crippen LogP contribution >= 0.6 is 0 Å². The molecule has 0 unspecified atom stereocenters. The minimum Gasteiger partial charge on any atom is -0.322 e. The smallest absolute Gasteiger partial charge is 0.269 e. The average molecular weight is 357 g/mol. The topological polar surface area (TPSA) is 77.2 Å². The van der Waals surface area contributed by atoms with Gasteiger partial charge in [0.05, 0.1) is 10.4 Å². The van der Waals surface area contributed by atoms with Gasteiger partial charge in [-0.1, -0.05) is 18.2 Å². The number of nitrogens with one attached hydrogen (secondary N) is 1. The fraction of sp³-hybridized carbons (Fsp3) is 0. The molecule has 132 valence electrons.